The van der Waals surface area contributed by atoms with E-state index in [0.29, 0.717) is 39.4 Å². The van der Waals surface area contributed by atoms with Gasteiger partial charge in [-0.1, -0.05) is 13.8 Å². The van der Waals surface area contributed by atoms with Crippen LogP contribution in [0.15, 0.2) is 110 Å². The number of nitrogens with two attached hydrogens (primary N) is 2. The van der Waals surface area contributed by atoms with Gasteiger partial charge in [-0.15, -0.1) is 0 Å². The molecule has 0 atom stereocenters. The molecule has 0 saturated carbocycles. The van der Waals surface area contributed by atoms with Gasteiger partial charge in [-0.05, 0) is 72.8 Å². The van der Waals surface area contributed by atoms with Crippen molar-refractivity contribution in [3.8, 4) is 0 Å². The minimum Gasteiger partial charge on any atom is -0.398 e. The first kappa shape index (κ1) is 34.8. The maximum Gasteiger partial charge on any atom is 0.257 e. The van der Waals surface area contributed by atoms with Gasteiger partial charge in [-0.3, -0.25) is 19.2 Å². The molecule has 4 amide bonds. The molecule has 0 bridgehead atoms. The van der Waals surface area contributed by atoms with E-state index in [1.165, 1.54) is 36.4 Å². The van der Waals surface area contributed by atoms with Crippen LogP contribution in [0.25, 0.3) is 0 Å². The summed E-state index contributed by atoms with van der Waals surface area (Å²) < 4.78 is 3.98. The van der Waals surface area contributed by atoms with Crippen LogP contribution in [0.5, 0.6) is 0 Å². The predicted molar refractivity (Wildman–Crippen MR) is 194 cm³/mol. The molecule has 0 aliphatic carbocycles. The van der Waals surface area contributed by atoms with Crippen molar-refractivity contribution in [3.05, 3.63) is 132 Å². The Morgan fingerprint density at radius 3 is 1.58 bits per heavy atom. The molecule has 0 aliphatic rings. The molecular formula is C38H40N8O4+2. The van der Waals surface area contributed by atoms with Crippen LogP contribution in [-0.2, 0) is 13.1 Å². The van der Waals surface area contributed by atoms with Gasteiger partial charge in [0.25, 0.3) is 23.6 Å². The Morgan fingerprint density at radius 2 is 1.04 bits per heavy atom. The fourth-order valence-corrected chi connectivity index (χ4v) is 5.22. The molecule has 3 aromatic carbocycles. The Balaban J connectivity index is 1.16. The SMILES string of the molecule is CCC[n+]1cccc(NC(=O)c2ccc(NC(=O)c3ccc(C(=O)Nc4ccc(C(=O)Nc5ccc[n+](CCC)c5)c(N)c4)cc3)c(N)c2)c1. The zero-order valence-electron chi connectivity index (χ0n) is 27.9. The number of hydrogen-bond acceptors (Lipinski definition) is 6. The molecule has 2 aromatic heterocycles. The Morgan fingerprint density at radius 1 is 0.540 bits per heavy atom. The standard InChI is InChI=1S/C38H38N8O4/c1-3-17-45-19-5-7-29(23-45)42-37(49)27-13-16-34(33(40)21-27)44-36(48)26-11-9-25(10-12-26)35(47)41-28-14-15-31(32(39)22-28)38(50)43-30-8-6-20-46(24-30)18-4-2/h5-16,19-24H,3-4,17-18H2,1-2H3,(H6-2,39,40,41,42,43,44,47,48,49,50)/p+2. The number of rotatable bonds is 12. The van der Waals surface area contributed by atoms with E-state index in [0.717, 1.165) is 25.9 Å². The number of carbonyl (C=O) groups is 4. The van der Waals surface area contributed by atoms with Crippen LogP contribution < -0.4 is 41.9 Å². The average molecular weight is 673 g/mol. The van der Waals surface area contributed by atoms with Crippen LogP contribution >= 0.6 is 0 Å². The predicted octanol–water partition coefficient (Wildman–Crippen LogP) is 5.26. The van der Waals surface area contributed by atoms with E-state index in [-0.39, 0.29) is 28.8 Å². The lowest BCUT2D eigenvalue weighted by atomic mass is 10.1. The van der Waals surface area contributed by atoms with Gasteiger partial charge in [0.1, 0.15) is 24.5 Å². The summed E-state index contributed by atoms with van der Waals surface area (Å²) in [4.78, 5) is 51.6. The Hall–Kier alpha value is -6.56. The summed E-state index contributed by atoms with van der Waals surface area (Å²) in [5, 5.41) is 11.2. The van der Waals surface area contributed by atoms with Crippen LogP contribution in [0.4, 0.5) is 34.1 Å². The van der Waals surface area contributed by atoms with E-state index in [9.17, 15) is 19.2 Å². The van der Waals surface area contributed by atoms with E-state index in [2.05, 4.69) is 35.1 Å². The van der Waals surface area contributed by atoms with E-state index in [1.807, 2.05) is 46.1 Å². The highest BCUT2D eigenvalue weighted by Gasteiger charge is 2.16. The van der Waals surface area contributed by atoms with E-state index in [1.54, 1.807) is 36.4 Å². The normalized spacial score (nSPS) is 10.6. The number of pyridine rings is 2. The summed E-state index contributed by atoms with van der Waals surface area (Å²) in [5.74, 6) is -1.56. The number of hydrogen-bond donors (Lipinski definition) is 6. The number of nitrogens with zero attached hydrogens (tertiary/aromatic N) is 2. The lowest BCUT2D eigenvalue weighted by Crippen LogP contribution is -2.33. The van der Waals surface area contributed by atoms with Crippen molar-refractivity contribution in [2.24, 2.45) is 0 Å². The van der Waals surface area contributed by atoms with Gasteiger partial charge in [-0.25, -0.2) is 9.13 Å². The number of nitrogens with one attached hydrogen (secondary N) is 4. The molecule has 0 saturated heterocycles. The molecule has 5 aromatic rings. The first-order chi connectivity index (χ1) is 24.1. The van der Waals surface area contributed by atoms with Gasteiger partial charge >= 0.3 is 0 Å². The summed E-state index contributed by atoms with van der Waals surface area (Å²) in [5.41, 5.74) is 16.0. The second-order valence-electron chi connectivity index (χ2n) is 11.7. The minimum absolute atomic E-state index is 0.203. The molecule has 8 N–H and O–H groups in total. The van der Waals surface area contributed by atoms with Crippen LogP contribution in [0.3, 0.4) is 0 Å². The van der Waals surface area contributed by atoms with E-state index < -0.39 is 11.8 Å². The monoisotopic (exact) mass is 672 g/mol. The van der Waals surface area contributed by atoms with Crippen molar-refractivity contribution in [1.82, 2.24) is 0 Å². The van der Waals surface area contributed by atoms with Crippen molar-refractivity contribution in [2.45, 2.75) is 39.8 Å². The number of amides is 4. The first-order valence-electron chi connectivity index (χ1n) is 16.3. The number of benzene rings is 3. The van der Waals surface area contributed by atoms with Crippen LogP contribution in [0, 0.1) is 0 Å². The largest absolute Gasteiger partial charge is 0.398 e. The highest BCUT2D eigenvalue weighted by Crippen LogP contribution is 2.23. The van der Waals surface area contributed by atoms with Crippen LogP contribution in [-0.4, -0.2) is 23.6 Å². The van der Waals surface area contributed by atoms with E-state index in [4.69, 9.17) is 11.5 Å². The smallest absolute Gasteiger partial charge is 0.257 e. The van der Waals surface area contributed by atoms with Gasteiger partial charge in [0.05, 0.1) is 16.9 Å². The molecule has 5 rings (SSSR count). The van der Waals surface area contributed by atoms with E-state index >= 15 is 0 Å². The van der Waals surface area contributed by atoms with Crippen molar-refractivity contribution in [3.63, 3.8) is 0 Å². The van der Waals surface area contributed by atoms with Gasteiger partial charge < -0.3 is 32.7 Å². The summed E-state index contributed by atoms with van der Waals surface area (Å²) in [7, 11) is 0. The highest BCUT2D eigenvalue weighted by molar-refractivity contribution is 6.10. The lowest BCUT2D eigenvalue weighted by molar-refractivity contribution is -0.696. The van der Waals surface area contributed by atoms with Crippen molar-refractivity contribution in [1.29, 1.82) is 0 Å². The van der Waals surface area contributed by atoms with Gasteiger partial charge in [-0.2, -0.15) is 0 Å². The van der Waals surface area contributed by atoms with Gasteiger partial charge in [0.15, 0.2) is 24.8 Å². The lowest BCUT2D eigenvalue weighted by Gasteiger charge is -2.11. The molecule has 0 spiro atoms. The van der Waals surface area contributed by atoms with Crippen LogP contribution in [0.1, 0.15) is 68.1 Å². The minimum atomic E-state index is -0.442. The summed E-state index contributed by atoms with van der Waals surface area (Å²) in [6.45, 7) is 5.82. The highest BCUT2D eigenvalue weighted by atomic mass is 16.2. The maximum absolute atomic E-state index is 13.0. The third-order valence-electron chi connectivity index (χ3n) is 7.72. The Labute approximate surface area is 290 Å². The summed E-state index contributed by atoms with van der Waals surface area (Å²) in [6.07, 6.45) is 9.51. The molecule has 0 radical (unpaired) electrons. The second kappa shape index (κ2) is 16.0. The van der Waals surface area contributed by atoms with Gasteiger partial charge in [0.2, 0.25) is 0 Å². The Kier molecular flexibility index (Phi) is 11.1. The number of aromatic nitrogens is 2. The molecule has 0 fully saturated rings. The summed E-state index contributed by atoms with van der Waals surface area (Å²) >= 11 is 0. The van der Waals surface area contributed by atoms with Gasteiger partial charge in [0, 0.05) is 53.0 Å². The average Bonchev–Trinajstić information content (AvgIpc) is 3.10. The Bertz CT molecular complexity index is 2050. The molecule has 0 aliphatic heterocycles. The number of nitrogen functional groups attached to an aromatic ring is 2. The molecular weight excluding hydrogens is 632 g/mol. The second-order valence-corrected chi connectivity index (χ2v) is 11.7. The number of aryl methyl sites for hydroxylation is 2. The maximum atomic E-state index is 13.0. The molecule has 0 unspecified atom stereocenters. The van der Waals surface area contributed by atoms with Crippen LogP contribution in [0.2, 0.25) is 0 Å². The third kappa shape index (κ3) is 8.86. The zero-order valence-corrected chi connectivity index (χ0v) is 27.9. The topological polar surface area (TPSA) is 176 Å². The number of anilines is 6. The first-order valence-corrected chi connectivity index (χ1v) is 16.3. The fraction of sp³-hybridized carbons (Fsp3) is 0.158. The summed E-state index contributed by atoms with van der Waals surface area (Å²) in [6, 6.07) is 22.7. The third-order valence-corrected chi connectivity index (χ3v) is 7.72. The molecule has 12 nitrogen and oxygen atoms in total. The molecule has 254 valence electrons. The van der Waals surface area contributed by atoms with Crippen molar-refractivity contribution < 1.29 is 28.3 Å². The molecule has 50 heavy (non-hydrogen) atoms. The number of carbonyl (C=O) groups excluding carboxylic acids is 4. The molecule has 2 heterocycles. The van der Waals surface area contributed by atoms with Crippen molar-refractivity contribution in [2.75, 3.05) is 32.7 Å². The fourth-order valence-electron chi connectivity index (χ4n) is 5.22. The quantitative estimate of drug-likeness (QED) is 0.0779. The zero-order chi connectivity index (χ0) is 35.6. The van der Waals surface area contributed by atoms with Crippen molar-refractivity contribution >= 4 is 57.8 Å². The molecule has 12 heteroatoms.